The highest BCUT2D eigenvalue weighted by atomic mass is 19.1. The predicted octanol–water partition coefficient (Wildman–Crippen LogP) is 1.15. The maximum absolute atomic E-state index is 13.6. The fourth-order valence-electron chi connectivity index (χ4n) is 3.87. The Morgan fingerprint density at radius 1 is 1.25 bits per heavy atom. The van der Waals surface area contributed by atoms with E-state index in [4.69, 9.17) is 0 Å². The van der Waals surface area contributed by atoms with Crippen molar-refractivity contribution in [3.63, 3.8) is 0 Å². The van der Waals surface area contributed by atoms with Crippen LogP contribution in [0, 0.1) is 5.82 Å². The zero-order valence-corrected chi connectivity index (χ0v) is 15.7. The van der Waals surface area contributed by atoms with Crippen molar-refractivity contribution in [2.24, 2.45) is 0 Å². The van der Waals surface area contributed by atoms with Crippen molar-refractivity contribution < 1.29 is 14.0 Å². The second kappa shape index (κ2) is 8.10. The average molecular weight is 385 g/mol. The minimum absolute atomic E-state index is 0.120. The van der Waals surface area contributed by atoms with Crippen LogP contribution in [0.3, 0.4) is 0 Å². The van der Waals surface area contributed by atoms with Gasteiger partial charge in [-0.1, -0.05) is 12.1 Å². The molecule has 2 aliphatic rings. The number of hydrogen-bond acceptors (Lipinski definition) is 4. The number of nitrogens with zero attached hydrogens (tertiary/aromatic N) is 3. The summed E-state index contributed by atoms with van der Waals surface area (Å²) in [6.45, 7) is 3.46. The van der Waals surface area contributed by atoms with Gasteiger partial charge in [0.1, 0.15) is 11.9 Å². The van der Waals surface area contributed by atoms with Crippen molar-refractivity contribution in [3.05, 3.63) is 53.1 Å². The lowest BCUT2D eigenvalue weighted by molar-refractivity contribution is -0.143. The molecule has 1 atom stereocenters. The standard InChI is InChI=1S/C20H24FN5O2/c21-15-4-1-3-14(11-15)19-20(28)23-8-10-25(19)18(27)6-5-16-12-17-13-22-7-2-9-26(17)24-16/h1,3-4,11-12,19,22H,2,5-10,13H2,(H,23,28)/t19-/m0/s1. The number of benzene rings is 1. The third kappa shape index (κ3) is 3.91. The molecule has 0 aliphatic carbocycles. The Morgan fingerprint density at radius 3 is 3.00 bits per heavy atom. The van der Waals surface area contributed by atoms with Crippen molar-refractivity contribution in [3.8, 4) is 0 Å². The molecule has 0 saturated carbocycles. The summed E-state index contributed by atoms with van der Waals surface area (Å²) in [4.78, 5) is 26.9. The first-order chi connectivity index (χ1) is 13.6. The van der Waals surface area contributed by atoms with Crippen LogP contribution in [0.2, 0.25) is 0 Å². The van der Waals surface area contributed by atoms with E-state index >= 15 is 0 Å². The number of rotatable bonds is 4. The molecular weight excluding hydrogens is 361 g/mol. The summed E-state index contributed by atoms with van der Waals surface area (Å²) in [5.41, 5.74) is 2.51. The van der Waals surface area contributed by atoms with Gasteiger partial charge in [-0.15, -0.1) is 0 Å². The van der Waals surface area contributed by atoms with E-state index in [1.54, 1.807) is 17.0 Å². The van der Waals surface area contributed by atoms with Gasteiger partial charge in [0.2, 0.25) is 11.8 Å². The van der Waals surface area contributed by atoms with Crippen LogP contribution in [-0.4, -0.2) is 46.1 Å². The van der Waals surface area contributed by atoms with Gasteiger partial charge in [0, 0.05) is 39.0 Å². The Bertz CT molecular complexity index is 858. The first-order valence-corrected chi connectivity index (χ1v) is 9.71. The number of nitrogens with one attached hydrogen (secondary N) is 2. The third-order valence-electron chi connectivity index (χ3n) is 5.24. The molecular formula is C20H24FN5O2. The molecule has 2 N–H and O–H groups in total. The number of hydrogen-bond donors (Lipinski definition) is 2. The molecule has 0 spiro atoms. The fourth-order valence-corrected chi connectivity index (χ4v) is 3.87. The van der Waals surface area contributed by atoms with Crippen LogP contribution in [0.4, 0.5) is 4.39 Å². The molecule has 7 nitrogen and oxygen atoms in total. The Hall–Kier alpha value is -2.74. The van der Waals surface area contributed by atoms with Gasteiger partial charge in [0.25, 0.3) is 0 Å². The van der Waals surface area contributed by atoms with Crippen LogP contribution in [0.1, 0.15) is 35.8 Å². The maximum Gasteiger partial charge on any atom is 0.247 e. The van der Waals surface area contributed by atoms with Crippen LogP contribution < -0.4 is 10.6 Å². The second-order valence-electron chi connectivity index (χ2n) is 7.22. The molecule has 1 aromatic heterocycles. The van der Waals surface area contributed by atoms with Gasteiger partial charge in [-0.25, -0.2) is 4.39 Å². The van der Waals surface area contributed by atoms with Crippen LogP contribution in [0.5, 0.6) is 0 Å². The summed E-state index contributed by atoms with van der Waals surface area (Å²) >= 11 is 0. The number of halogens is 1. The summed E-state index contributed by atoms with van der Waals surface area (Å²) in [5.74, 6) is -0.813. The van der Waals surface area contributed by atoms with Crippen molar-refractivity contribution >= 4 is 11.8 Å². The molecule has 148 valence electrons. The van der Waals surface area contributed by atoms with Crippen molar-refractivity contribution in [1.82, 2.24) is 25.3 Å². The molecule has 1 aromatic carbocycles. The summed E-state index contributed by atoms with van der Waals surface area (Å²) < 4.78 is 15.6. The van der Waals surface area contributed by atoms with E-state index in [9.17, 15) is 14.0 Å². The van der Waals surface area contributed by atoms with Crippen LogP contribution >= 0.6 is 0 Å². The van der Waals surface area contributed by atoms with E-state index in [0.717, 1.165) is 37.4 Å². The average Bonchev–Trinajstić information content (AvgIpc) is 2.95. The summed E-state index contributed by atoms with van der Waals surface area (Å²) in [6, 6.07) is 7.13. The number of carbonyl (C=O) groups excluding carboxylic acids is 2. The molecule has 2 aliphatic heterocycles. The summed E-state index contributed by atoms with van der Waals surface area (Å²) in [6.07, 6.45) is 1.82. The van der Waals surface area contributed by atoms with E-state index < -0.39 is 11.9 Å². The molecule has 1 saturated heterocycles. The first kappa shape index (κ1) is 18.6. The summed E-state index contributed by atoms with van der Waals surface area (Å²) in [7, 11) is 0. The molecule has 28 heavy (non-hydrogen) atoms. The number of carbonyl (C=O) groups is 2. The molecule has 2 aromatic rings. The quantitative estimate of drug-likeness (QED) is 0.828. The number of fused-ring (bicyclic) bond motifs is 1. The fraction of sp³-hybridized carbons (Fsp3) is 0.450. The highest BCUT2D eigenvalue weighted by Crippen LogP contribution is 2.25. The minimum atomic E-state index is -0.792. The topological polar surface area (TPSA) is 79.3 Å². The number of aromatic nitrogens is 2. The van der Waals surface area contributed by atoms with Gasteiger partial charge >= 0.3 is 0 Å². The van der Waals surface area contributed by atoms with Crippen molar-refractivity contribution in [1.29, 1.82) is 0 Å². The van der Waals surface area contributed by atoms with E-state index in [2.05, 4.69) is 15.7 Å². The number of amides is 2. The van der Waals surface area contributed by atoms with E-state index in [0.29, 0.717) is 25.1 Å². The minimum Gasteiger partial charge on any atom is -0.352 e. The molecule has 4 rings (SSSR count). The molecule has 8 heteroatoms. The van der Waals surface area contributed by atoms with E-state index in [-0.39, 0.29) is 18.2 Å². The zero-order valence-electron chi connectivity index (χ0n) is 15.7. The summed E-state index contributed by atoms with van der Waals surface area (Å²) in [5, 5.41) is 10.7. The molecule has 0 radical (unpaired) electrons. The molecule has 2 amide bonds. The van der Waals surface area contributed by atoms with Gasteiger partial charge in [-0.2, -0.15) is 5.10 Å². The van der Waals surface area contributed by atoms with Gasteiger partial charge in [0.05, 0.1) is 11.4 Å². The third-order valence-corrected chi connectivity index (χ3v) is 5.24. The lowest BCUT2D eigenvalue weighted by Crippen LogP contribution is -2.52. The van der Waals surface area contributed by atoms with Crippen LogP contribution in [0.15, 0.2) is 30.3 Å². The van der Waals surface area contributed by atoms with Crippen molar-refractivity contribution in [2.75, 3.05) is 19.6 Å². The van der Waals surface area contributed by atoms with Gasteiger partial charge < -0.3 is 15.5 Å². The zero-order chi connectivity index (χ0) is 19.5. The molecule has 0 bridgehead atoms. The Balaban J connectivity index is 1.46. The Labute approximate surface area is 162 Å². The lowest BCUT2D eigenvalue weighted by atomic mass is 10.0. The van der Waals surface area contributed by atoms with Gasteiger partial charge in [0.15, 0.2) is 0 Å². The maximum atomic E-state index is 13.6. The van der Waals surface area contributed by atoms with Gasteiger partial charge in [-0.05, 0) is 36.7 Å². The van der Waals surface area contributed by atoms with E-state index in [1.807, 2.05) is 10.7 Å². The van der Waals surface area contributed by atoms with Crippen LogP contribution in [-0.2, 0) is 29.1 Å². The normalized spacial score (nSPS) is 19.7. The number of piperazine rings is 1. The Morgan fingerprint density at radius 2 is 2.14 bits per heavy atom. The largest absolute Gasteiger partial charge is 0.352 e. The van der Waals surface area contributed by atoms with E-state index in [1.165, 1.54) is 12.1 Å². The first-order valence-electron chi connectivity index (χ1n) is 9.71. The monoisotopic (exact) mass is 385 g/mol. The molecule has 0 unspecified atom stereocenters. The highest BCUT2D eigenvalue weighted by Gasteiger charge is 2.34. The second-order valence-corrected chi connectivity index (χ2v) is 7.22. The van der Waals surface area contributed by atoms with Crippen molar-refractivity contribution in [2.45, 2.75) is 38.4 Å². The lowest BCUT2D eigenvalue weighted by Gasteiger charge is -2.35. The smallest absolute Gasteiger partial charge is 0.247 e. The SMILES string of the molecule is O=C1NCCN(C(=O)CCc2cc3n(n2)CCCNC3)[C@H]1c1cccc(F)c1. The predicted molar refractivity (Wildman–Crippen MR) is 101 cm³/mol. The van der Waals surface area contributed by atoms with Gasteiger partial charge in [-0.3, -0.25) is 14.3 Å². The molecule has 1 fully saturated rings. The highest BCUT2D eigenvalue weighted by molar-refractivity contribution is 5.89. The number of aryl methyl sites for hydroxylation is 2. The molecule has 3 heterocycles. The van der Waals surface area contributed by atoms with Crippen LogP contribution in [0.25, 0.3) is 0 Å². The Kier molecular flexibility index (Phi) is 5.38.